The topological polar surface area (TPSA) is 38.0 Å². The number of halogens is 3. The molecule has 3 N–H and O–H groups in total. The van der Waals surface area contributed by atoms with Gasteiger partial charge in [-0.3, -0.25) is 0 Å². The minimum atomic E-state index is -4.34. The summed E-state index contributed by atoms with van der Waals surface area (Å²) in [4.78, 5) is 0. The molecular formula is C12H15F3N2S2. The molecule has 0 bridgehead atoms. The summed E-state index contributed by atoms with van der Waals surface area (Å²) in [6.07, 6.45) is -4.34. The van der Waals surface area contributed by atoms with Crippen molar-refractivity contribution in [2.45, 2.75) is 11.4 Å². The minimum absolute atomic E-state index is 0.142. The molecule has 1 unspecified atom stereocenters. The number of alkyl halides is 3. The van der Waals surface area contributed by atoms with Crippen LogP contribution in [-0.2, 0) is 6.18 Å². The number of benzene rings is 1. The summed E-state index contributed by atoms with van der Waals surface area (Å²) < 4.78 is 37.5. The third-order valence-electron chi connectivity index (χ3n) is 2.78. The van der Waals surface area contributed by atoms with Crippen molar-refractivity contribution >= 4 is 34.9 Å². The summed E-state index contributed by atoms with van der Waals surface area (Å²) in [6.45, 7) is 0.729. The van der Waals surface area contributed by atoms with Gasteiger partial charge in [0.25, 0.3) is 0 Å². The van der Waals surface area contributed by atoms with Crippen molar-refractivity contribution in [2.75, 3.05) is 34.9 Å². The molecule has 0 amide bonds. The zero-order chi connectivity index (χ0) is 13.9. The highest BCUT2D eigenvalue weighted by Gasteiger charge is 2.30. The fourth-order valence-electron chi connectivity index (χ4n) is 1.78. The highest BCUT2D eigenvalue weighted by molar-refractivity contribution is 8.06. The van der Waals surface area contributed by atoms with Gasteiger partial charge in [0.2, 0.25) is 0 Å². The van der Waals surface area contributed by atoms with Crippen LogP contribution in [0.4, 0.5) is 24.5 Å². The summed E-state index contributed by atoms with van der Waals surface area (Å²) in [6, 6.07) is 3.44. The Balaban J connectivity index is 1.97. The van der Waals surface area contributed by atoms with Gasteiger partial charge in [-0.2, -0.15) is 36.7 Å². The van der Waals surface area contributed by atoms with Crippen LogP contribution in [0.25, 0.3) is 0 Å². The van der Waals surface area contributed by atoms with Crippen LogP contribution in [0, 0.1) is 0 Å². The highest BCUT2D eigenvalue weighted by Crippen LogP contribution is 2.33. The summed E-state index contributed by atoms with van der Waals surface area (Å²) in [5, 5.41) is 3.62. The molecule has 0 spiro atoms. The number of nitrogens with two attached hydrogens (primary N) is 1. The van der Waals surface area contributed by atoms with E-state index in [0.717, 1.165) is 30.2 Å². The number of nitrogens with one attached hydrogen (secondary N) is 1. The first-order chi connectivity index (χ1) is 8.97. The van der Waals surface area contributed by atoms with Gasteiger partial charge in [-0.25, -0.2) is 0 Å². The number of rotatable bonds is 3. The Morgan fingerprint density at radius 3 is 2.68 bits per heavy atom. The van der Waals surface area contributed by atoms with Gasteiger partial charge in [0.15, 0.2) is 0 Å². The van der Waals surface area contributed by atoms with E-state index in [1.165, 1.54) is 11.8 Å². The molecule has 1 aromatic rings. The third kappa shape index (κ3) is 4.14. The Labute approximate surface area is 118 Å². The molecule has 19 heavy (non-hydrogen) atoms. The summed E-state index contributed by atoms with van der Waals surface area (Å²) in [7, 11) is 0. The molecule has 106 valence electrons. The molecule has 1 saturated heterocycles. The average molecular weight is 308 g/mol. The second-order valence-corrected chi connectivity index (χ2v) is 6.81. The maximum atomic E-state index is 12.5. The van der Waals surface area contributed by atoms with Crippen LogP contribution in [0.5, 0.6) is 0 Å². The van der Waals surface area contributed by atoms with Crippen molar-refractivity contribution in [2.24, 2.45) is 0 Å². The monoisotopic (exact) mass is 308 g/mol. The zero-order valence-electron chi connectivity index (χ0n) is 10.2. The molecule has 0 radical (unpaired) electrons. The van der Waals surface area contributed by atoms with E-state index in [-0.39, 0.29) is 5.69 Å². The van der Waals surface area contributed by atoms with E-state index < -0.39 is 11.7 Å². The Morgan fingerprint density at radius 2 is 2.11 bits per heavy atom. The first-order valence-corrected chi connectivity index (χ1v) is 8.07. The van der Waals surface area contributed by atoms with Crippen LogP contribution in [0.2, 0.25) is 0 Å². The van der Waals surface area contributed by atoms with Crippen LogP contribution in [0.3, 0.4) is 0 Å². The minimum Gasteiger partial charge on any atom is -0.397 e. The molecule has 2 nitrogen and oxygen atoms in total. The van der Waals surface area contributed by atoms with Gasteiger partial charge < -0.3 is 11.1 Å². The molecular weight excluding hydrogens is 293 g/mol. The van der Waals surface area contributed by atoms with Gasteiger partial charge in [0.05, 0.1) is 16.9 Å². The second kappa shape index (κ2) is 6.17. The van der Waals surface area contributed by atoms with Crippen molar-refractivity contribution in [1.82, 2.24) is 0 Å². The molecule has 1 heterocycles. The normalized spacial score (nSPS) is 20.3. The molecule has 1 aliphatic rings. The molecule has 7 heteroatoms. The maximum absolute atomic E-state index is 12.5. The van der Waals surface area contributed by atoms with Gasteiger partial charge in [-0.05, 0) is 18.2 Å². The van der Waals surface area contributed by atoms with Crippen LogP contribution >= 0.6 is 23.5 Å². The smallest absolute Gasteiger partial charge is 0.397 e. The second-order valence-electron chi connectivity index (χ2n) is 4.25. The quantitative estimate of drug-likeness (QED) is 0.838. The number of hydrogen-bond acceptors (Lipinski definition) is 4. The lowest BCUT2D eigenvalue weighted by Crippen LogP contribution is -2.23. The van der Waals surface area contributed by atoms with E-state index in [1.54, 1.807) is 0 Å². The predicted octanol–water partition coefficient (Wildman–Crippen LogP) is 3.55. The first-order valence-electron chi connectivity index (χ1n) is 5.87. The molecule has 1 atom stereocenters. The Hall–Kier alpha value is -0.690. The largest absolute Gasteiger partial charge is 0.416 e. The Bertz CT molecular complexity index is 431. The van der Waals surface area contributed by atoms with Crippen LogP contribution in [-0.4, -0.2) is 29.1 Å². The first kappa shape index (κ1) is 14.7. The van der Waals surface area contributed by atoms with Crippen molar-refractivity contribution in [3.05, 3.63) is 23.8 Å². The lowest BCUT2D eigenvalue weighted by molar-refractivity contribution is -0.137. The molecule has 0 saturated carbocycles. The SMILES string of the molecule is Nc1cc(C(F)(F)F)ccc1NCC1CSCCS1. The van der Waals surface area contributed by atoms with Crippen molar-refractivity contribution in [1.29, 1.82) is 0 Å². The molecule has 1 fully saturated rings. The van der Waals surface area contributed by atoms with Gasteiger partial charge in [-0.1, -0.05) is 0 Å². The fourth-order valence-corrected chi connectivity index (χ4v) is 4.39. The molecule has 0 aromatic heterocycles. The van der Waals surface area contributed by atoms with E-state index >= 15 is 0 Å². The zero-order valence-corrected chi connectivity index (χ0v) is 11.8. The molecule has 0 aliphatic carbocycles. The van der Waals surface area contributed by atoms with E-state index in [4.69, 9.17) is 5.73 Å². The van der Waals surface area contributed by atoms with Gasteiger partial charge in [-0.15, -0.1) is 0 Å². The average Bonchev–Trinajstić information content (AvgIpc) is 2.37. The Morgan fingerprint density at radius 1 is 1.32 bits per heavy atom. The maximum Gasteiger partial charge on any atom is 0.416 e. The predicted molar refractivity (Wildman–Crippen MR) is 77.9 cm³/mol. The molecule has 1 aromatic carbocycles. The lowest BCUT2D eigenvalue weighted by atomic mass is 10.1. The van der Waals surface area contributed by atoms with Gasteiger partial charge >= 0.3 is 6.18 Å². The summed E-state index contributed by atoms with van der Waals surface area (Å²) >= 11 is 3.80. The third-order valence-corrected chi connectivity index (χ3v) is 5.63. The van der Waals surface area contributed by atoms with Crippen LogP contribution in [0.1, 0.15) is 5.56 Å². The van der Waals surface area contributed by atoms with Crippen molar-refractivity contribution < 1.29 is 13.2 Å². The van der Waals surface area contributed by atoms with Crippen LogP contribution < -0.4 is 11.1 Å². The number of hydrogen-bond donors (Lipinski definition) is 2. The summed E-state index contributed by atoms with van der Waals surface area (Å²) in [5.74, 6) is 3.36. The summed E-state index contributed by atoms with van der Waals surface area (Å²) in [5.41, 5.74) is 5.66. The van der Waals surface area contributed by atoms with Crippen LogP contribution in [0.15, 0.2) is 18.2 Å². The van der Waals surface area contributed by atoms with Crippen molar-refractivity contribution in [3.63, 3.8) is 0 Å². The molecule has 1 aliphatic heterocycles. The lowest BCUT2D eigenvalue weighted by Gasteiger charge is -2.22. The number of nitrogen functional groups attached to an aromatic ring is 1. The fraction of sp³-hybridized carbons (Fsp3) is 0.500. The Kier molecular flexibility index (Phi) is 4.78. The van der Waals surface area contributed by atoms with E-state index in [9.17, 15) is 13.2 Å². The highest BCUT2D eigenvalue weighted by atomic mass is 32.2. The van der Waals surface area contributed by atoms with Gasteiger partial charge in [0, 0.05) is 29.1 Å². The standard InChI is InChI=1S/C12H15F3N2S2/c13-12(14,15)8-1-2-11(10(16)5-8)17-6-9-7-18-3-4-19-9/h1-2,5,9,17H,3-4,6-7,16H2. The van der Waals surface area contributed by atoms with Crippen molar-refractivity contribution in [3.8, 4) is 0 Å². The van der Waals surface area contributed by atoms with E-state index in [1.807, 2.05) is 23.5 Å². The van der Waals surface area contributed by atoms with Gasteiger partial charge in [0.1, 0.15) is 0 Å². The van der Waals surface area contributed by atoms with E-state index in [2.05, 4.69) is 5.32 Å². The number of anilines is 2. The van der Waals surface area contributed by atoms with E-state index in [0.29, 0.717) is 10.9 Å². The molecule has 2 rings (SSSR count). The number of thioether (sulfide) groups is 2.